The van der Waals surface area contributed by atoms with Crippen LogP contribution in [0.1, 0.15) is 5.69 Å². The van der Waals surface area contributed by atoms with Crippen LogP contribution in [0.3, 0.4) is 0 Å². The lowest BCUT2D eigenvalue weighted by molar-refractivity contribution is -0.136. The highest BCUT2D eigenvalue weighted by molar-refractivity contribution is 6.30. The summed E-state index contributed by atoms with van der Waals surface area (Å²) in [5.41, 5.74) is 10.3. The number of alkyl halides is 3. The first-order valence-electron chi connectivity index (χ1n) is 4.22. The Kier molecular flexibility index (Phi) is 3.77. The molecule has 0 saturated carbocycles. The Balaban J connectivity index is 2.94. The highest BCUT2D eigenvalue weighted by Crippen LogP contribution is 2.21. The van der Waals surface area contributed by atoms with E-state index in [9.17, 15) is 13.2 Å². The van der Waals surface area contributed by atoms with Crippen molar-refractivity contribution in [3.8, 4) is 0 Å². The van der Waals surface area contributed by atoms with E-state index in [0.29, 0.717) is 11.1 Å². The van der Waals surface area contributed by atoms with Gasteiger partial charge in [-0.05, 0) is 18.2 Å². The molecule has 7 heteroatoms. The second kappa shape index (κ2) is 4.71. The second-order valence-electron chi connectivity index (χ2n) is 3.05. The van der Waals surface area contributed by atoms with Crippen LogP contribution in [0.15, 0.2) is 24.4 Å². The van der Waals surface area contributed by atoms with E-state index in [1.54, 1.807) is 0 Å². The second-order valence-corrected chi connectivity index (χ2v) is 3.49. The van der Waals surface area contributed by atoms with E-state index in [4.69, 9.17) is 23.1 Å². The van der Waals surface area contributed by atoms with Crippen molar-refractivity contribution in [3.05, 3.63) is 35.1 Å². The first-order chi connectivity index (χ1) is 7.30. The number of rotatable bonds is 2. The highest BCUT2D eigenvalue weighted by atomic mass is 35.5. The lowest BCUT2D eigenvalue weighted by Gasteiger charge is -2.12. The summed E-state index contributed by atoms with van der Waals surface area (Å²) in [5.74, 6) is 0. The lowest BCUT2D eigenvalue weighted by Crippen LogP contribution is -2.36. The molecule has 0 aliphatic heterocycles. The van der Waals surface area contributed by atoms with Gasteiger partial charge < -0.3 is 11.5 Å². The Bertz CT molecular complexity index is 403. The quantitative estimate of drug-likeness (QED) is 0.844. The van der Waals surface area contributed by atoms with E-state index in [2.05, 4.69) is 4.98 Å². The fraction of sp³-hybridized carbons (Fsp3) is 0.222. The molecule has 1 unspecified atom stereocenters. The molecule has 1 aromatic rings. The van der Waals surface area contributed by atoms with Gasteiger partial charge in [0.1, 0.15) is 6.04 Å². The van der Waals surface area contributed by atoms with Gasteiger partial charge in [0.15, 0.2) is 0 Å². The summed E-state index contributed by atoms with van der Waals surface area (Å²) >= 11 is 5.64. The summed E-state index contributed by atoms with van der Waals surface area (Å²) in [5, 5.41) is 0.335. The van der Waals surface area contributed by atoms with Crippen molar-refractivity contribution in [2.45, 2.75) is 12.2 Å². The summed E-state index contributed by atoms with van der Waals surface area (Å²) < 4.78 is 36.4. The minimum Gasteiger partial charge on any atom is -0.397 e. The Hall–Kier alpha value is -1.27. The van der Waals surface area contributed by atoms with Crippen molar-refractivity contribution in [1.82, 2.24) is 4.98 Å². The molecule has 4 N–H and O–H groups in total. The van der Waals surface area contributed by atoms with Gasteiger partial charge in [-0.1, -0.05) is 11.6 Å². The molecule has 1 aromatic heterocycles. The van der Waals surface area contributed by atoms with Gasteiger partial charge in [-0.25, -0.2) is 0 Å². The molecule has 0 aliphatic rings. The van der Waals surface area contributed by atoms with Crippen LogP contribution in [0.2, 0.25) is 5.02 Å². The van der Waals surface area contributed by atoms with E-state index >= 15 is 0 Å². The topological polar surface area (TPSA) is 64.9 Å². The van der Waals surface area contributed by atoms with Crippen LogP contribution in [0.4, 0.5) is 13.2 Å². The molecule has 0 aliphatic carbocycles. The molecular formula is C9H9ClF3N3. The lowest BCUT2D eigenvalue weighted by atomic mass is 10.2. The molecule has 1 heterocycles. The molecular weight excluding hydrogens is 243 g/mol. The van der Waals surface area contributed by atoms with E-state index in [1.807, 2.05) is 0 Å². The van der Waals surface area contributed by atoms with Crippen LogP contribution in [0, 0.1) is 0 Å². The number of halogens is 4. The minimum absolute atomic E-state index is 0.159. The first kappa shape index (κ1) is 12.8. The van der Waals surface area contributed by atoms with E-state index in [0.717, 1.165) is 0 Å². The molecule has 0 fully saturated rings. The van der Waals surface area contributed by atoms with Gasteiger partial charge in [-0.15, -0.1) is 0 Å². The maximum atomic E-state index is 12.1. The Labute approximate surface area is 94.9 Å². The Morgan fingerprint density at radius 3 is 2.62 bits per heavy atom. The highest BCUT2D eigenvalue weighted by Gasteiger charge is 2.35. The van der Waals surface area contributed by atoms with Crippen molar-refractivity contribution in [2.75, 3.05) is 0 Å². The molecule has 88 valence electrons. The molecule has 0 spiro atoms. The minimum atomic E-state index is -4.52. The fourth-order valence-corrected chi connectivity index (χ4v) is 1.10. The standard InChI is InChI=1S/C9H9ClF3N3/c10-5-1-2-16-7(3-5)6(14)4-8(15)9(11,12)13/h1-4,8H,14-15H2/b6-4-. The number of pyridine rings is 1. The van der Waals surface area contributed by atoms with E-state index < -0.39 is 12.2 Å². The van der Waals surface area contributed by atoms with Gasteiger partial charge in [0.2, 0.25) is 0 Å². The van der Waals surface area contributed by atoms with Crippen molar-refractivity contribution in [1.29, 1.82) is 0 Å². The smallest absolute Gasteiger partial charge is 0.397 e. The largest absolute Gasteiger partial charge is 0.407 e. The molecule has 0 amide bonds. The maximum Gasteiger partial charge on any atom is 0.407 e. The van der Waals surface area contributed by atoms with Crippen molar-refractivity contribution >= 4 is 17.3 Å². The number of aromatic nitrogens is 1. The molecule has 1 rings (SSSR count). The van der Waals surface area contributed by atoms with E-state index in [1.165, 1.54) is 18.3 Å². The monoisotopic (exact) mass is 251 g/mol. The molecule has 3 nitrogen and oxygen atoms in total. The predicted molar refractivity (Wildman–Crippen MR) is 55.4 cm³/mol. The number of nitrogens with two attached hydrogens (primary N) is 2. The number of hydrogen-bond donors (Lipinski definition) is 2. The van der Waals surface area contributed by atoms with Crippen LogP contribution in [-0.4, -0.2) is 17.2 Å². The fourth-order valence-electron chi connectivity index (χ4n) is 0.936. The SMILES string of the molecule is N/C(=C\C(N)C(F)(F)F)c1cc(Cl)ccn1. The Morgan fingerprint density at radius 2 is 2.12 bits per heavy atom. The zero-order chi connectivity index (χ0) is 12.3. The third kappa shape index (κ3) is 3.39. The molecule has 1 atom stereocenters. The van der Waals surface area contributed by atoms with Crippen LogP contribution < -0.4 is 11.5 Å². The first-order valence-corrected chi connectivity index (χ1v) is 4.60. The molecule has 0 radical (unpaired) electrons. The third-order valence-corrected chi connectivity index (χ3v) is 1.99. The van der Waals surface area contributed by atoms with Crippen LogP contribution in [0.25, 0.3) is 5.70 Å². The number of nitrogens with zero attached hydrogens (tertiary/aromatic N) is 1. The van der Waals surface area contributed by atoms with Gasteiger partial charge in [0.05, 0.1) is 11.4 Å². The molecule has 0 bridgehead atoms. The summed E-state index contributed by atoms with van der Waals surface area (Å²) in [6.07, 6.45) is -2.49. The predicted octanol–water partition coefficient (Wildman–Crippen LogP) is 1.92. The Morgan fingerprint density at radius 1 is 1.50 bits per heavy atom. The number of hydrogen-bond acceptors (Lipinski definition) is 3. The maximum absolute atomic E-state index is 12.1. The zero-order valence-corrected chi connectivity index (χ0v) is 8.76. The van der Waals surface area contributed by atoms with Crippen LogP contribution >= 0.6 is 11.6 Å². The molecule has 16 heavy (non-hydrogen) atoms. The average Bonchev–Trinajstić information content (AvgIpc) is 2.16. The van der Waals surface area contributed by atoms with Gasteiger partial charge in [-0.3, -0.25) is 4.98 Å². The van der Waals surface area contributed by atoms with Crippen molar-refractivity contribution < 1.29 is 13.2 Å². The summed E-state index contributed by atoms with van der Waals surface area (Å²) in [4.78, 5) is 3.77. The van der Waals surface area contributed by atoms with Gasteiger partial charge >= 0.3 is 6.18 Å². The third-order valence-electron chi connectivity index (χ3n) is 1.75. The summed E-state index contributed by atoms with van der Waals surface area (Å²) in [6, 6.07) is 0.728. The normalized spacial score (nSPS) is 14.9. The van der Waals surface area contributed by atoms with Crippen LogP contribution in [-0.2, 0) is 0 Å². The van der Waals surface area contributed by atoms with Crippen LogP contribution in [0.5, 0.6) is 0 Å². The van der Waals surface area contributed by atoms with Gasteiger partial charge in [-0.2, -0.15) is 13.2 Å². The summed E-state index contributed by atoms with van der Waals surface area (Å²) in [7, 11) is 0. The summed E-state index contributed by atoms with van der Waals surface area (Å²) in [6.45, 7) is 0. The van der Waals surface area contributed by atoms with Crippen molar-refractivity contribution in [2.24, 2.45) is 11.5 Å². The van der Waals surface area contributed by atoms with E-state index in [-0.39, 0.29) is 11.4 Å². The molecule has 0 saturated heterocycles. The zero-order valence-electron chi connectivity index (χ0n) is 8.00. The average molecular weight is 252 g/mol. The van der Waals surface area contributed by atoms with Gasteiger partial charge in [0.25, 0.3) is 0 Å². The van der Waals surface area contributed by atoms with Crippen molar-refractivity contribution in [3.63, 3.8) is 0 Å². The molecule has 0 aromatic carbocycles. The van der Waals surface area contributed by atoms with Gasteiger partial charge in [0, 0.05) is 11.2 Å².